The molecule has 0 unspecified atom stereocenters. The predicted molar refractivity (Wildman–Crippen MR) is 88.6 cm³/mol. The van der Waals surface area contributed by atoms with Crippen LogP contribution in [-0.2, 0) is 0 Å². The average molecular weight is 354 g/mol. The largest absolute Gasteiger partial charge is 0.504 e. The molecule has 1 heterocycles. The Morgan fingerprint density at radius 2 is 2.13 bits per heavy atom. The van der Waals surface area contributed by atoms with Crippen LogP contribution < -0.4 is 10.2 Å². The third-order valence-electron chi connectivity index (χ3n) is 2.79. The van der Waals surface area contributed by atoms with Gasteiger partial charge in [-0.3, -0.25) is 9.78 Å². The second-order valence-electron chi connectivity index (χ2n) is 4.30. The lowest BCUT2D eigenvalue weighted by Crippen LogP contribution is -2.17. The predicted octanol–water partition coefficient (Wildman–Crippen LogP) is 3.26. The number of halogens is 2. The molecule has 0 radical (unpaired) electrons. The number of pyridine rings is 1. The number of ether oxygens (including phenoxy) is 1. The fourth-order valence-electron chi connectivity index (χ4n) is 1.72. The zero-order valence-corrected chi connectivity index (χ0v) is 13.6. The molecule has 0 saturated heterocycles. The molecule has 0 bridgehead atoms. The molecule has 2 N–H and O–H groups in total. The highest BCUT2D eigenvalue weighted by atomic mass is 35.5. The van der Waals surface area contributed by atoms with Gasteiger partial charge in [-0.2, -0.15) is 5.10 Å². The van der Waals surface area contributed by atoms with E-state index < -0.39 is 5.91 Å². The molecule has 0 aliphatic carbocycles. The minimum atomic E-state index is -0.425. The summed E-state index contributed by atoms with van der Waals surface area (Å²) < 4.78 is 5.26. The zero-order valence-electron chi connectivity index (χ0n) is 12.1. The number of phenols is 1. The minimum absolute atomic E-state index is 0.106. The fraction of sp³-hybridized carbons (Fsp3) is 0.133. The summed E-state index contributed by atoms with van der Waals surface area (Å²) in [5, 5.41) is 14.2. The number of carbonyl (C=O) groups is 1. The van der Waals surface area contributed by atoms with Gasteiger partial charge in [0.2, 0.25) is 0 Å². The quantitative estimate of drug-likeness (QED) is 0.638. The van der Waals surface area contributed by atoms with E-state index in [1.807, 2.05) is 0 Å². The Labute approximate surface area is 142 Å². The normalized spacial score (nSPS) is 10.7. The van der Waals surface area contributed by atoms with E-state index in [0.717, 1.165) is 0 Å². The molecule has 0 saturated carbocycles. The van der Waals surface area contributed by atoms with E-state index in [4.69, 9.17) is 27.9 Å². The molecule has 0 atom stereocenters. The summed E-state index contributed by atoms with van der Waals surface area (Å²) in [5.41, 5.74) is 2.87. The first-order valence-electron chi connectivity index (χ1n) is 6.61. The topological polar surface area (TPSA) is 83.8 Å². The van der Waals surface area contributed by atoms with E-state index in [9.17, 15) is 9.90 Å². The summed E-state index contributed by atoms with van der Waals surface area (Å²) in [6.45, 7) is 2.12. The van der Waals surface area contributed by atoms with Crippen LogP contribution >= 0.6 is 23.2 Å². The van der Waals surface area contributed by atoms with Gasteiger partial charge in [-0.1, -0.05) is 23.2 Å². The van der Waals surface area contributed by atoms with Crippen LogP contribution in [0.1, 0.15) is 22.8 Å². The van der Waals surface area contributed by atoms with E-state index in [-0.39, 0.29) is 27.1 Å². The molecule has 2 rings (SSSR count). The summed E-state index contributed by atoms with van der Waals surface area (Å²) in [6, 6.07) is 4.50. The summed E-state index contributed by atoms with van der Waals surface area (Å²) in [6.07, 6.45) is 4.18. The van der Waals surface area contributed by atoms with Crippen LogP contribution in [-0.4, -0.2) is 28.8 Å². The van der Waals surface area contributed by atoms with Crippen molar-refractivity contribution in [2.24, 2.45) is 5.10 Å². The lowest BCUT2D eigenvalue weighted by atomic mass is 10.2. The van der Waals surface area contributed by atoms with Gasteiger partial charge >= 0.3 is 0 Å². The number of aromatic hydroxyl groups is 1. The van der Waals surface area contributed by atoms with Gasteiger partial charge in [0.15, 0.2) is 11.5 Å². The van der Waals surface area contributed by atoms with E-state index >= 15 is 0 Å². The maximum Gasteiger partial charge on any atom is 0.271 e. The van der Waals surface area contributed by atoms with Crippen molar-refractivity contribution in [2.75, 3.05) is 6.61 Å². The van der Waals surface area contributed by atoms with Crippen molar-refractivity contribution in [3.63, 3.8) is 0 Å². The number of rotatable bonds is 5. The Bertz CT molecular complexity index is 736. The van der Waals surface area contributed by atoms with Gasteiger partial charge < -0.3 is 9.84 Å². The molecule has 8 heteroatoms. The van der Waals surface area contributed by atoms with Crippen LogP contribution in [0.3, 0.4) is 0 Å². The van der Waals surface area contributed by atoms with Crippen molar-refractivity contribution in [3.8, 4) is 11.5 Å². The maximum absolute atomic E-state index is 11.8. The zero-order chi connectivity index (χ0) is 16.8. The van der Waals surface area contributed by atoms with Gasteiger partial charge in [-0.15, -0.1) is 0 Å². The number of nitrogens with zero attached hydrogens (tertiary/aromatic N) is 2. The Morgan fingerprint density at radius 1 is 1.43 bits per heavy atom. The number of hydrogen-bond donors (Lipinski definition) is 2. The van der Waals surface area contributed by atoms with Gasteiger partial charge in [0, 0.05) is 24.0 Å². The van der Waals surface area contributed by atoms with Gasteiger partial charge in [-0.05, 0) is 19.1 Å². The molecule has 2 aromatic rings. The van der Waals surface area contributed by atoms with Crippen LogP contribution in [0.15, 0.2) is 35.7 Å². The number of hydrogen-bond acceptors (Lipinski definition) is 5. The lowest BCUT2D eigenvalue weighted by molar-refractivity contribution is 0.0955. The Kier molecular flexibility index (Phi) is 5.78. The second-order valence-corrected chi connectivity index (χ2v) is 5.09. The summed E-state index contributed by atoms with van der Waals surface area (Å²) in [4.78, 5) is 15.7. The van der Waals surface area contributed by atoms with Crippen molar-refractivity contribution >= 4 is 35.3 Å². The molecular formula is C15H13Cl2N3O3. The van der Waals surface area contributed by atoms with Crippen molar-refractivity contribution in [1.82, 2.24) is 10.4 Å². The number of phenolic OH excluding ortho intramolecular Hbond substituents is 1. The minimum Gasteiger partial charge on any atom is -0.504 e. The van der Waals surface area contributed by atoms with E-state index in [0.29, 0.717) is 12.2 Å². The Balaban J connectivity index is 2.21. The Morgan fingerprint density at radius 3 is 2.78 bits per heavy atom. The molecule has 1 amide bonds. The highest BCUT2D eigenvalue weighted by Crippen LogP contribution is 2.39. The number of aromatic nitrogens is 1. The van der Waals surface area contributed by atoms with Crippen LogP contribution in [0.2, 0.25) is 10.0 Å². The number of amides is 1. The standard InChI is InChI=1S/C15H13Cl2N3O3/c1-2-23-12-7-11(16)13(17)10(14(12)21)8-19-20-15(22)9-3-5-18-6-4-9/h3-8,21H,2H2,1H3,(H,20,22)/b19-8-. The monoisotopic (exact) mass is 353 g/mol. The number of hydrazone groups is 1. The molecule has 23 heavy (non-hydrogen) atoms. The van der Waals surface area contributed by atoms with Crippen LogP contribution in [0.5, 0.6) is 11.5 Å². The summed E-state index contributed by atoms with van der Waals surface area (Å²) >= 11 is 12.0. The number of carbonyl (C=O) groups excluding carboxylic acids is 1. The maximum atomic E-state index is 11.8. The van der Waals surface area contributed by atoms with Crippen molar-refractivity contribution in [1.29, 1.82) is 0 Å². The van der Waals surface area contributed by atoms with Crippen LogP contribution in [0.25, 0.3) is 0 Å². The van der Waals surface area contributed by atoms with E-state index in [2.05, 4.69) is 15.5 Å². The van der Waals surface area contributed by atoms with E-state index in [1.165, 1.54) is 24.7 Å². The molecule has 120 valence electrons. The molecule has 0 aliphatic heterocycles. The second kappa shape index (κ2) is 7.80. The highest BCUT2D eigenvalue weighted by molar-refractivity contribution is 6.43. The van der Waals surface area contributed by atoms with Crippen LogP contribution in [0, 0.1) is 0 Å². The molecule has 0 spiro atoms. The van der Waals surface area contributed by atoms with Crippen LogP contribution in [0.4, 0.5) is 0 Å². The molecule has 0 aliphatic rings. The number of benzene rings is 1. The number of nitrogens with one attached hydrogen (secondary N) is 1. The highest BCUT2D eigenvalue weighted by Gasteiger charge is 2.15. The van der Waals surface area contributed by atoms with Crippen molar-refractivity contribution in [2.45, 2.75) is 6.92 Å². The lowest BCUT2D eigenvalue weighted by Gasteiger charge is -2.10. The van der Waals surface area contributed by atoms with Gasteiger partial charge in [0.1, 0.15) is 0 Å². The summed E-state index contributed by atoms with van der Waals surface area (Å²) in [7, 11) is 0. The van der Waals surface area contributed by atoms with E-state index in [1.54, 1.807) is 19.1 Å². The Hall–Kier alpha value is -2.31. The molecule has 1 aromatic carbocycles. The first-order chi connectivity index (χ1) is 11.0. The molecule has 0 fully saturated rings. The molecular weight excluding hydrogens is 341 g/mol. The molecule has 6 nitrogen and oxygen atoms in total. The van der Waals surface area contributed by atoms with Gasteiger partial charge in [0.25, 0.3) is 5.91 Å². The van der Waals surface area contributed by atoms with Crippen molar-refractivity contribution < 1.29 is 14.6 Å². The third kappa shape index (κ3) is 4.12. The first-order valence-corrected chi connectivity index (χ1v) is 7.37. The average Bonchev–Trinajstić information content (AvgIpc) is 2.56. The first kappa shape index (κ1) is 17.1. The van der Waals surface area contributed by atoms with Gasteiger partial charge in [0.05, 0.1) is 28.4 Å². The fourth-order valence-corrected chi connectivity index (χ4v) is 2.11. The summed E-state index contributed by atoms with van der Waals surface area (Å²) in [5.74, 6) is -0.446. The molecule has 1 aromatic heterocycles. The van der Waals surface area contributed by atoms with Crippen molar-refractivity contribution in [3.05, 3.63) is 51.8 Å². The SMILES string of the molecule is CCOc1cc(Cl)c(Cl)c(/C=N\NC(=O)c2ccncc2)c1O. The van der Waals surface area contributed by atoms with Gasteiger partial charge in [-0.25, -0.2) is 5.43 Å². The smallest absolute Gasteiger partial charge is 0.271 e. The third-order valence-corrected chi connectivity index (χ3v) is 3.60.